The van der Waals surface area contributed by atoms with Crippen LogP contribution in [0.25, 0.3) is 32.8 Å². The van der Waals surface area contributed by atoms with Crippen LogP contribution in [0.4, 0.5) is 5.13 Å². The van der Waals surface area contributed by atoms with E-state index in [-0.39, 0.29) is 0 Å². The van der Waals surface area contributed by atoms with Crippen LogP contribution in [0.5, 0.6) is 5.75 Å². The Morgan fingerprint density at radius 1 is 1.03 bits per heavy atom. The monoisotopic (exact) mass is 417 g/mol. The third-order valence-corrected chi connectivity index (χ3v) is 5.93. The number of methoxy groups -OCH3 is 1. The lowest BCUT2D eigenvalue weighted by atomic mass is 10.1. The summed E-state index contributed by atoms with van der Waals surface area (Å²) < 4.78 is 11.4. The molecule has 0 bridgehead atoms. The van der Waals surface area contributed by atoms with Crippen molar-refractivity contribution in [2.45, 2.75) is 0 Å². The molecule has 29 heavy (non-hydrogen) atoms. The van der Waals surface area contributed by atoms with Crippen LogP contribution in [0.1, 0.15) is 0 Å². The first kappa shape index (κ1) is 17.8. The van der Waals surface area contributed by atoms with E-state index in [2.05, 4.69) is 16.0 Å². The normalized spacial score (nSPS) is 11.8. The number of fused-ring (bicyclic) bond motifs is 1. The van der Waals surface area contributed by atoms with Gasteiger partial charge < -0.3 is 9.15 Å². The van der Waals surface area contributed by atoms with Crippen LogP contribution < -0.4 is 10.3 Å². The molecule has 0 amide bonds. The smallest absolute Gasteiger partial charge is 0.232 e. The summed E-state index contributed by atoms with van der Waals surface area (Å²) >= 11 is 3.03. The number of rotatable bonds is 4. The molecule has 0 N–H and O–H groups in total. The second-order valence-electron chi connectivity index (χ2n) is 6.20. The summed E-state index contributed by atoms with van der Waals surface area (Å²) in [6, 6.07) is 17.8. The number of benzene rings is 2. The molecule has 3 heterocycles. The van der Waals surface area contributed by atoms with Crippen LogP contribution in [0.3, 0.4) is 0 Å². The molecule has 0 saturated heterocycles. The zero-order valence-corrected chi connectivity index (χ0v) is 17.0. The summed E-state index contributed by atoms with van der Waals surface area (Å²) in [4.78, 5) is 13.7. The number of para-hydroxylation sites is 1. The summed E-state index contributed by atoms with van der Waals surface area (Å²) in [5, 5.41) is 6.43. The molecule has 3 aromatic heterocycles. The Kier molecular flexibility index (Phi) is 4.67. The van der Waals surface area contributed by atoms with Crippen molar-refractivity contribution < 1.29 is 9.15 Å². The quantitative estimate of drug-likeness (QED) is 0.364. The maximum Gasteiger partial charge on any atom is 0.232 e. The maximum atomic E-state index is 6.12. The van der Waals surface area contributed by atoms with Crippen molar-refractivity contribution >= 4 is 38.8 Å². The number of nitrogens with zero attached hydrogens (tertiary/aromatic N) is 3. The van der Waals surface area contributed by atoms with E-state index >= 15 is 0 Å². The van der Waals surface area contributed by atoms with Gasteiger partial charge in [-0.1, -0.05) is 18.2 Å². The van der Waals surface area contributed by atoms with Gasteiger partial charge in [-0.05, 0) is 36.4 Å². The van der Waals surface area contributed by atoms with Crippen LogP contribution in [0, 0.1) is 0 Å². The minimum atomic E-state index is 0.509. The van der Waals surface area contributed by atoms with Crippen molar-refractivity contribution in [3.05, 3.63) is 77.1 Å². The van der Waals surface area contributed by atoms with Gasteiger partial charge in [-0.2, -0.15) is 4.99 Å². The standard InChI is InChI=1S/C22H15N3O2S2/c1-26-16-8-6-14(7-9-16)18-13-29-21(24-18)17-12-15-4-2-3-5-19(15)27-20(17)25-22-23-10-11-28-22/h2-13H,1H3/b25-20-. The van der Waals surface area contributed by atoms with E-state index in [1.807, 2.05) is 59.3 Å². The second kappa shape index (κ2) is 7.62. The number of hydrogen-bond acceptors (Lipinski definition) is 7. The lowest BCUT2D eigenvalue weighted by Crippen LogP contribution is -2.05. The van der Waals surface area contributed by atoms with Crippen LogP contribution in [0.2, 0.25) is 0 Å². The molecule has 142 valence electrons. The molecule has 0 aliphatic heterocycles. The third kappa shape index (κ3) is 3.57. The topological polar surface area (TPSA) is 60.5 Å². The highest BCUT2D eigenvalue weighted by Gasteiger charge is 2.12. The number of ether oxygens (including phenoxy) is 1. The highest BCUT2D eigenvalue weighted by atomic mass is 32.1. The Labute approximate surface area is 174 Å². The van der Waals surface area contributed by atoms with Crippen molar-refractivity contribution in [2.75, 3.05) is 7.11 Å². The molecule has 2 aromatic carbocycles. The first-order valence-corrected chi connectivity index (χ1v) is 10.6. The average molecular weight is 418 g/mol. The molecule has 0 atom stereocenters. The van der Waals surface area contributed by atoms with Gasteiger partial charge in [0.05, 0.1) is 18.4 Å². The van der Waals surface area contributed by atoms with Crippen molar-refractivity contribution in [3.8, 4) is 27.6 Å². The number of thiazole rings is 2. The molecule has 0 saturated carbocycles. The summed E-state index contributed by atoms with van der Waals surface area (Å²) in [6.07, 6.45) is 1.73. The third-order valence-electron chi connectivity index (χ3n) is 4.39. The lowest BCUT2D eigenvalue weighted by Gasteiger charge is -2.02. The summed E-state index contributed by atoms with van der Waals surface area (Å²) in [7, 11) is 1.66. The fourth-order valence-corrected chi connectivity index (χ4v) is 4.29. The minimum absolute atomic E-state index is 0.509. The number of hydrogen-bond donors (Lipinski definition) is 0. The SMILES string of the molecule is COc1ccc(-c2csc(-c3cc4ccccc4o/c3=N\c3nccs3)n2)cc1. The molecule has 0 unspecified atom stereocenters. The van der Waals surface area contributed by atoms with Crippen LogP contribution in [-0.2, 0) is 0 Å². The molecule has 5 rings (SSSR count). The molecule has 5 nitrogen and oxygen atoms in total. The van der Waals surface area contributed by atoms with Crippen LogP contribution in [0.15, 0.2) is 81.0 Å². The van der Waals surface area contributed by atoms with Crippen LogP contribution in [-0.4, -0.2) is 17.1 Å². The van der Waals surface area contributed by atoms with Gasteiger partial charge in [0.15, 0.2) is 0 Å². The predicted octanol–water partition coefficient (Wildman–Crippen LogP) is 5.92. The zero-order chi connectivity index (χ0) is 19.6. The van der Waals surface area contributed by atoms with Gasteiger partial charge in [0, 0.05) is 27.9 Å². The Morgan fingerprint density at radius 2 is 1.90 bits per heavy atom. The first-order chi connectivity index (χ1) is 14.3. The molecule has 0 fully saturated rings. The van der Waals surface area contributed by atoms with Crippen molar-refractivity contribution in [2.24, 2.45) is 4.99 Å². The van der Waals surface area contributed by atoms with E-state index in [4.69, 9.17) is 14.1 Å². The van der Waals surface area contributed by atoms with Gasteiger partial charge >= 0.3 is 0 Å². The van der Waals surface area contributed by atoms with E-state index in [0.717, 1.165) is 38.5 Å². The van der Waals surface area contributed by atoms with Gasteiger partial charge in [0.2, 0.25) is 10.7 Å². The van der Waals surface area contributed by atoms with E-state index < -0.39 is 0 Å². The molecule has 5 aromatic rings. The second-order valence-corrected chi connectivity index (χ2v) is 7.93. The lowest BCUT2D eigenvalue weighted by molar-refractivity contribution is 0.415. The predicted molar refractivity (Wildman–Crippen MR) is 117 cm³/mol. The van der Waals surface area contributed by atoms with Crippen molar-refractivity contribution in [1.82, 2.24) is 9.97 Å². The zero-order valence-electron chi connectivity index (χ0n) is 15.4. The highest BCUT2D eigenvalue weighted by molar-refractivity contribution is 7.13. The fraction of sp³-hybridized carbons (Fsp3) is 0.0455. The van der Waals surface area contributed by atoms with Crippen LogP contribution >= 0.6 is 22.7 Å². The molecule has 0 spiro atoms. The molecule has 0 radical (unpaired) electrons. The van der Waals surface area contributed by atoms with Gasteiger partial charge in [-0.15, -0.1) is 22.7 Å². The number of aromatic nitrogens is 2. The summed E-state index contributed by atoms with van der Waals surface area (Å²) in [5.41, 5.74) is 4.07. The van der Waals surface area contributed by atoms with Gasteiger partial charge in [0.25, 0.3) is 0 Å². The summed E-state index contributed by atoms with van der Waals surface area (Å²) in [5.74, 6) is 0.821. The molecular formula is C22H15N3O2S2. The summed E-state index contributed by atoms with van der Waals surface area (Å²) in [6.45, 7) is 0. The van der Waals surface area contributed by atoms with E-state index in [9.17, 15) is 0 Å². The first-order valence-electron chi connectivity index (χ1n) is 8.87. The van der Waals surface area contributed by atoms with E-state index in [0.29, 0.717) is 10.7 Å². The Balaban J connectivity index is 1.65. The Hall–Kier alpha value is -3.29. The van der Waals surface area contributed by atoms with Crippen molar-refractivity contribution in [3.63, 3.8) is 0 Å². The molecule has 0 aliphatic carbocycles. The Bertz CT molecular complexity index is 1340. The Morgan fingerprint density at radius 3 is 2.69 bits per heavy atom. The molecular weight excluding hydrogens is 402 g/mol. The largest absolute Gasteiger partial charge is 0.497 e. The fourth-order valence-electron chi connectivity index (χ4n) is 2.96. The molecule has 0 aliphatic rings. The average Bonchev–Trinajstić information content (AvgIpc) is 3.46. The van der Waals surface area contributed by atoms with Gasteiger partial charge in [-0.25, -0.2) is 9.97 Å². The maximum absolute atomic E-state index is 6.12. The van der Waals surface area contributed by atoms with Crippen molar-refractivity contribution in [1.29, 1.82) is 0 Å². The van der Waals surface area contributed by atoms with E-state index in [1.54, 1.807) is 24.6 Å². The van der Waals surface area contributed by atoms with E-state index in [1.165, 1.54) is 11.3 Å². The molecule has 7 heteroatoms. The minimum Gasteiger partial charge on any atom is -0.497 e. The highest BCUT2D eigenvalue weighted by Crippen LogP contribution is 2.30. The van der Waals surface area contributed by atoms with Gasteiger partial charge in [-0.3, -0.25) is 0 Å². The van der Waals surface area contributed by atoms with Gasteiger partial charge in [0.1, 0.15) is 16.3 Å².